The maximum atomic E-state index is 15.0. The first-order valence-corrected chi connectivity index (χ1v) is 14.3. The van der Waals surface area contributed by atoms with Crippen molar-refractivity contribution in [3.05, 3.63) is 47.8 Å². The minimum atomic E-state index is -1.08. The molecule has 3 aromatic rings. The number of aromatic nitrogens is 3. The van der Waals surface area contributed by atoms with E-state index in [4.69, 9.17) is 5.73 Å². The van der Waals surface area contributed by atoms with Crippen molar-refractivity contribution in [3.63, 3.8) is 0 Å². The van der Waals surface area contributed by atoms with Gasteiger partial charge in [0.1, 0.15) is 11.3 Å². The molecule has 3 heterocycles. The summed E-state index contributed by atoms with van der Waals surface area (Å²) in [7, 11) is 0. The predicted molar refractivity (Wildman–Crippen MR) is 142 cm³/mol. The number of nitrogens with zero attached hydrogens (tertiary/aromatic N) is 3. The fourth-order valence-electron chi connectivity index (χ4n) is 8.79. The van der Waals surface area contributed by atoms with E-state index in [0.29, 0.717) is 28.9 Å². The molecule has 4 saturated carbocycles. The first-order valence-electron chi connectivity index (χ1n) is 14.3. The number of hydrogen-bond acceptors (Lipinski definition) is 5. The van der Waals surface area contributed by atoms with E-state index in [-0.39, 0.29) is 17.6 Å². The Morgan fingerprint density at radius 2 is 1.89 bits per heavy atom. The van der Waals surface area contributed by atoms with Crippen LogP contribution >= 0.6 is 0 Å². The van der Waals surface area contributed by atoms with Gasteiger partial charge in [-0.2, -0.15) is 0 Å². The highest BCUT2D eigenvalue weighted by Gasteiger charge is 2.79. The normalized spacial score (nSPS) is 31.7. The van der Waals surface area contributed by atoms with E-state index in [2.05, 4.69) is 15.3 Å². The third-order valence-electron chi connectivity index (χ3n) is 10.8. The Morgan fingerprint density at radius 1 is 1.16 bits per heavy atom. The zero-order valence-corrected chi connectivity index (χ0v) is 22.1. The zero-order valence-electron chi connectivity index (χ0n) is 22.1. The van der Waals surface area contributed by atoms with Crippen molar-refractivity contribution in [2.75, 3.05) is 11.9 Å². The summed E-state index contributed by atoms with van der Waals surface area (Å²) in [6, 6.07) is 4.28. The number of imidazole rings is 1. The van der Waals surface area contributed by atoms with Crippen molar-refractivity contribution in [2.45, 2.75) is 70.4 Å². The van der Waals surface area contributed by atoms with Gasteiger partial charge in [-0.25, -0.2) is 18.7 Å². The third-order valence-corrected chi connectivity index (χ3v) is 10.8. The molecule has 4 aliphatic rings. The molecule has 3 aromatic heterocycles. The summed E-state index contributed by atoms with van der Waals surface area (Å²) in [5, 5.41) is 13.6. The summed E-state index contributed by atoms with van der Waals surface area (Å²) in [4.78, 5) is 8.72. The highest BCUT2D eigenvalue weighted by atomic mass is 19.1. The zero-order chi connectivity index (χ0) is 26.4. The maximum absolute atomic E-state index is 15.0. The summed E-state index contributed by atoms with van der Waals surface area (Å²) in [5.74, 6) is 3.42. The minimum absolute atomic E-state index is 0.00258. The number of rotatable bonds is 9. The molecule has 0 aliphatic heterocycles. The van der Waals surface area contributed by atoms with Crippen LogP contribution in [-0.4, -0.2) is 32.1 Å². The number of hydrogen-bond donors (Lipinski definition) is 3. The van der Waals surface area contributed by atoms with Crippen molar-refractivity contribution in [2.24, 2.45) is 40.7 Å². The van der Waals surface area contributed by atoms with Crippen LogP contribution in [-0.2, 0) is 5.60 Å². The van der Waals surface area contributed by atoms with Crippen LogP contribution in [0.1, 0.15) is 64.4 Å². The lowest BCUT2D eigenvalue weighted by Crippen LogP contribution is -2.78. The number of nitrogens with one attached hydrogen (secondary N) is 1. The average molecular weight is 522 g/mol. The number of pyridine rings is 2. The van der Waals surface area contributed by atoms with Crippen molar-refractivity contribution in [3.8, 4) is 11.4 Å². The van der Waals surface area contributed by atoms with E-state index in [1.54, 1.807) is 36.6 Å². The number of halogens is 2. The lowest BCUT2D eigenvalue weighted by atomic mass is 9.20. The second-order valence-electron chi connectivity index (χ2n) is 12.8. The number of nitrogens with two attached hydrogens (primary N) is 1. The summed E-state index contributed by atoms with van der Waals surface area (Å²) in [5.41, 5.74) is 7.24. The van der Waals surface area contributed by atoms with Gasteiger partial charge in [-0.1, -0.05) is 12.5 Å². The highest BCUT2D eigenvalue weighted by molar-refractivity contribution is 5.63. The fourth-order valence-corrected chi connectivity index (χ4v) is 8.79. The molecule has 38 heavy (non-hydrogen) atoms. The van der Waals surface area contributed by atoms with Gasteiger partial charge in [0, 0.05) is 24.8 Å². The molecule has 6 nitrogen and oxygen atoms in total. The molecule has 5 atom stereocenters. The van der Waals surface area contributed by atoms with Crippen LogP contribution in [0, 0.1) is 46.6 Å². The Labute approximate surface area is 222 Å². The van der Waals surface area contributed by atoms with Gasteiger partial charge < -0.3 is 16.2 Å². The predicted octanol–water partition coefficient (Wildman–Crippen LogP) is 5.49. The van der Waals surface area contributed by atoms with Crippen LogP contribution in [0.2, 0.25) is 0 Å². The second kappa shape index (κ2) is 8.46. The van der Waals surface area contributed by atoms with Crippen molar-refractivity contribution in [1.82, 2.24) is 14.4 Å². The Hall–Kier alpha value is -2.58. The standard InChI is InChI=1S/C30H37F2N5O/c1-29(2,38)16-5-10-25-34-14-24(37(25)15-16)27-22(31)12-23(32)28(36-27)35-17(13-33)4-3-11-30-20-8-6-18(20)26(30)19-7-9-21(19)30/h5,10,12,14-15,17-21,26,38H,3-4,6-9,11,13,33H2,1-2H3,(H,35,36). The molecule has 4 fully saturated rings. The quantitative estimate of drug-likeness (QED) is 0.346. The van der Waals surface area contributed by atoms with Crippen LogP contribution in [0.15, 0.2) is 30.6 Å². The molecule has 0 spiro atoms. The van der Waals surface area contributed by atoms with Crippen molar-refractivity contribution >= 4 is 11.5 Å². The molecule has 0 bridgehead atoms. The van der Waals surface area contributed by atoms with Crippen LogP contribution in [0.25, 0.3) is 17.0 Å². The molecule has 5 unspecified atom stereocenters. The second-order valence-corrected chi connectivity index (χ2v) is 12.8. The fraction of sp³-hybridized carbons (Fsp3) is 0.600. The van der Waals surface area contributed by atoms with Gasteiger partial charge in [-0.05, 0) is 99.0 Å². The van der Waals surface area contributed by atoms with Crippen molar-refractivity contribution < 1.29 is 13.9 Å². The molecule has 0 radical (unpaired) electrons. The summed E-state index contributed by atoms with van der Waals surface area (Å²) in [6.45, 7) is 3.72. The van der Waals surface area contributed by atoms with Crippen LogP contribution in [0.3, 0.4) is 0 Å². The Morgan fingerprint density at radius 3 is 2.53 bits per heavy atom. The van der Waals surface area contributed by atoms with Gasteiger partial charge in [0.2, 0.25) is 0 Å². The smallest absolute Gasteiger partial charge is 0.168 e. The largest absolute Gasteiger partial charge is 0.386 e. The van der Waals surface area contributed by atoms with Crippen LogP contribution in [0.5, 0.6) is 0 Å². The highest BCUT2D eigenvalue weighted by Crippen LogP contribution is 2.85. The molecule has 0 saturated heterocycles. The van der Waals surface area contributed by atoms with Crippen LogP contribution in [0.4, 0.5) is 14.6 Å². The number of anilines is 1. The molecule has 7 rings (SSSR count). The number of aliphatic hydroxyl groups is 1. The molecule has 0 aromatic carbocycles. The van der Waals surface area contributed by atoms with Gasteiger partial charge in [-0.3, -0.25) is 4.40 Å². The molecule has 8 heteroatoms. The first kappa shape index (κ1) is 24.5. The minimum Gasteiger partial charge on any atom is -0.386 e. The summed E-state index contributed by atoms with van der Waals surface area (Å²) in [6.07, 6.45) is 12.1. The Bertz CT molecular complexity index is 1380. The molecule has 4 aliphatic carbocycles. The molecular weight excluding hydrogens is 484 g/mol. The molecule has 4 N–H and O–H groups in total. The van der Waals surface area contributed by atoms with E-state index in [0.717, 1.165) is 48.5 Å². The topological polar surface area (TPSA) is 88.5 Å². The first-order chi connectivity index (χ1) is 18.2. The monoisotopic (exact) mass is 521 g/mol. The van der Waals surface area contributed by atoms with E-state index in [1.165, 1.54) is 38.3 Å². The van der Waals surface area contributed by atoms with E-state index in [9.17, 15) is 13.9 Å². The van der Waals surface area contributed by atoms with Gasteiger partial charge in [0.25, 0.3) is 0 Å². The van der Waals surface area contributed by atoms with Gasteiger partial charge in [0.05, 0.1) is 17.5 Å². The van der Waals surface area contributed by atoms with Gasteiger partial charge >= 0.3 is 0 Å². The third kappa shape index (κ3) is 3.35. The summed E-state index contributed by atoms with van der Waals surface area (Å²) < 4.78 is 31.6. The van der Waals surface area contributed by atoms with E-state index < -0.39 is 17.2 Å². The number of fused-ring (bicyclic) bond motifs is 8. The average Bonchev–Trinajstić information content (AvgIpc) is 3.25. The molecule has 202 valence electrons. The summed E-state index contributed by atoms with van der Waals surface area (Å²) >= 11 is 0. The van der Waals surface area contributed by atoms with Gasteiger partial charge in [-0.15, -0.1) is 0 Å². The lowest BCUT2D eigenvalue weighted by Gasteiger charge is -2.84. The lowest BCUT2D eigenvalue weighted by molar-refractivity contribution is -0.364. The Balaban J connectivity index is 1.09. The maximum Gasteiger partial charge on any atom is 0.168 e. The SMILES string of the molecule is CC(C)(O)c1ccc2ncc(-c3nc(NC(CN)CCCC45C6CCC6C4C4CCC45)c(F)cc3F)n2c1. The van der Waals surface area contributed by atoms with Gasteiger partial charge in [0.15, 0.2) is 17.5 Å². The van der Waals surface area contributed by atoms with E-state index in [1.807, 2.05) is 0 Å². The van der Waals surface area contributed by atoms with Crippen molar-refractivity contribution in [1.29, 1.82) is 0 Å². The van der Waals surface area contributed by atoms with Crippen LogP contribution < -0.4 is 11.1 Å². The Kier molecular flexibility index (Phi) is 5.44. The molecular formula is C30H37F2N5O. The van der Waals surface area contributed by atoms with E-state index >= 15 is 0 Å². The molecule has 0 amide bonds.